The summed E-state index contributed by atoms with van der Waals surface area (Å²) in [5.41, 5.74) is 0. The molecular weight excluding hydrogens is 98.1 g/mol. The first kappa shape index (κ1) is 6.17. The van der Waals surface area contributed by atoms with Gasteiger partial charge in [0.1, 0.15) is 0 Å². The van der Waals surface area contributed by atoms with E-state index in [-0.39, 0.29) is 0 Å². The van der Waals surface area contributed by atoms with Crippen molar-refractivity contribution in [2.75, 3.05) is 0 Å². The summed E-state index contributed by atoms with van der Waals surface area (Å²) in [4.78, 5) is 0. The largest absolute Gasteiger partial charge is 0.183 e. The highest BCUT2D eigenvalue weighted by Gasteiger charge is 1.51. The fraction of sp³-hybridized carbons (Fsp3) is 0. The molecule has 0 aliphatic heterocycles. The molecule has 0 N–H and O–H groups in total. The molecule has 0 aliphatic rings. The van der Waals surface area contributed by atoms with E-state index < -0.39 is 0 Å². The van der Waals surface area contributed by atoms with E-state index >= 15 is 0 Å². The molecule has 8 heavy (non-hydrogen) atoms. The van der Waals surface area contributed by atoms with Crippen molar-refractivity contribution in [1.29, 1.82) is 5.26 Å². The minimum absolute atomic E-state index is 1.59. The van der Waals surface area contributed by atoms with Gasteiger partial charge in [0.2, 0.25) is 0 Å². The molecule has 0 aliphatic carbocycles. The fourth-order valence-electron chi connectivity index (χ4n) is 0.127. The van der Waals surface area contributed by atoms with Crippen LogP contribution in [-0.4, -0.2) is 0 Å². The lowest BCUT2D eigenvalue weighted by atomic mass is 10.5. The van der Waals surface area contributed by atoms with Gasteiger partial charge >= 0.3 is 0 Å². The zero-order chi connectivity index (χ0) is 6.24. The highest BCUT2D eigenvalue weighted by Crippen LogP contribution is 1.49. The summed E-state index contributed by atoms with van der Waals surface area (Å²) in [6, 6.07) is 1.59. The smallest absolute Gasteiger partial charge is 0.153 e. The van der Waals surface area contributed by atoms with Gasteiger partial charge in [0.15, 0.2) is 6.07 Å². The predicted octanol–water partition coefficient (Wildman–Crippen LogP) is 0.150. The minimum atomic E-state index is 1.59. The van der Waals surface area contributed by atoms with Gasteiger partial charge in [-0.15, -0.1) is 6.42 Å². The van der Waals surface area contributed by atoms with Gasteiger partial charge in [0, 0.05) is 17.8 Å². The Labute approximate surface area is 48.3 Å². The molecule has 0 rings (SSSR count). The lowest BCUT2D eigenvalue weighted by molar-refractivity contribution is 1.55. The predicted molar refractivity (Wildman–Crippen MR) is 30.0 cm³/mol. The van der Waals surface area contributed by atoms with Crippen LogP contribution in [0.3, 0.4) is 0 Å². The second-order valence-electron chi connectivity index (χ2n) is 0.756. The number of hydrogen-bond donors (Lipinski definition) is 0. The van der Waals surface area contributed by atoms with Gasteiger partial charge in [-0.2, -0.15) is 5.26 Å². The van der Waals surface area contributed by atoms with Gasteiger partial charge < -0.3 is 0 Å². The van der Waals surface area contributed by atoms with E-state index in [0.29, 0.717) is 0 Å². The van der Waals surface area contributed by atoms with Crippen LogP contribution in [0.4, 0.5) is 0 Å². The van der Waals surface area contributed by atoms with Crippen molar-refractivity contribution in [2.45, 2.75) is 0 Å². The maximum Gasteiger partial charge on any atom is 0.153 e. The van der Waals surface area contributed by atoms with E-state index in [9.17, 15) is 0 Å². The zero-order valence-electron chi connectivity index (χ0n) is 4.02. The molecule has 0 atom stereocenters. The van der Waals surface area contributed by atoms with Gasteiger partial charge in [-0.05, 0) is 11.8 Å². The Kier molecular flexibility index (Phi) is 3.99. The number of terminal acetylenes is 1. The van der Waals surface area contributed by atoms with E-state index in [1.165, 1.54) is 0 Å². The van der Waals surface area contributed by atoms with Gasteiger partial charge in [-0.3, -0.25) is 0 Å². The van der Waals surface area contributed by atoms with Crippen molar-refractivity contribution in [1.82, 2.24) is 0 Å². The standard InChI is InChI=1S/C7HN/c1-2-3-4-5-6-7-8/h1H. The van der Waals surface area contributed by atoms with Crippen LogP contribution in [0, 0.1) is 47.4 Å². The van der Waals surface area contributed by atoms with Crippen molar-refractivity contribution < 1.29 is 0 Å². The first-order valence-electron chi connectivity index (χ1n) is 1.76. The van der Waals surface area contributed by atoms with Gasteiger partial charge in [0.05, 0.1) is 0 Å². The molecule has 0 saturated carbocycles. The van der Waals surface area contributed by atoms with E-state index in [4.69, 9.17) is 11.7 Å². The first-order valence-corrected chi connectivity index (χ1v) is 1.76. The van der Waals surface area contributed by atoms with Crippen LogP contribution >= 0.6 is 0 Å². The van der Waals surface area contributed by atoms with Crippen LogP contribution in [-0.2, 0) is 0 Å². The van der Waals surface area contributed by atoms with Gasteiger partial charge in [-0.1, -0.05) is 0 Å². The van der Waals surface area contributed by atoms with E-state index in [2.05, 4.69) is 29.6 Å². The Hall–Kier alpha value is -1.83. The van der Waals surface area contributed by atoms with Gasteiger partial charge in [0.25, 0.3) is 0 Å². The number of hydrogen-bond acceptors (Lipinski definition) is 1. The number of nitriles is 1. The van der Waals surface area contributed by atoms with E-state index in [1.807, 2.05) is 0 Å². The lowest BCUT2D eigenvalue weighted by Crippen LogP contribution is -1.48. The molecule has 0 aromatic rings. The first-order chi connectivity index (χ1) is 3.91. The maximum atomic E-state index is 7.82. The van der Waals surface area contributed by atoms with Crippen molar-refractivity contribution in [3.05, 3.63) is 0 Å². The summed E-state index contributed by atoms with van der Waals surface area (Å²) in [5, 5.41) is 7.82. The molecule has 0 aromatic carbocycles. The highest BCUT2D eigenvalue weighted by molar-refractivity contribution is 5.36. The average Bonchev–Trinajstić information content (AvgIpc) is 1.81. The molecule has 0 spiro atoms. The molecule has 1 heteroatoms. The van der Waals surface area contributed by atoms with Gasteiger partial charge in [-0.25, -0.2) is 0 Å². The number of rotatable bonds is 0. The Bertz CT molecular complexity index is 221. The molecule has 0 aromatic heterocycles. The zero-order valence-corrected chi connectivity index (χ0v) is 4.02. The highest BCUT2D eigenvalue weighted by atomic mass is 14.2. The quantitative estimate of drug-likeness (QED) is 0.396. The molecule has 0 bridgehead atoms. The SMILES string of the molecule is C#CC#CC#CC#N. The molecule has 34 valence electrons. The van der Waals surface area contributed by atoms with Crippen LogP contribution in [0.25, 0.3) is 0 Å². The van der Waals surface area contributed by atoms with Crippen molar-refractivity contribution in [2.24, 2.45) is 0 Å². The van der Waals surface area contributed by atoms with Crippen LogP contribution in [0.15, 0.2) is 0 Å². The average molecular weight is 99.1 g/mol. The normalized spacial score (nSPS) is 3.25. The molecule has 0 unspecified atom stereocenters. The minimum Gasteiger partial charge on any atom is -0.183 e. The summed E-state index contributed by atoms with van der Waals surface area (Å²) in [5.74, 6) is 10.8. The van der Waals surface area contributed by atoms with E-state index in [0.717, 1.165) is 0 Å². The molecule has 0 amide bonds. The summed E-state index contributed by atoms with van der Waals surface area (Å²) >= 11 is 0. The van der Waals surface area contributed by atoms with Crippen molar-refractivity contribution >= 4 is 0 Å². The van der Waals surface area contributed by atoms with Crippen molar-refractivity contribution in [3.63, 3.8) is 0 Å². The molecule has 0 saturated heterocycles. The Morgan fingerprint density at radius 2 is 1.62 bits per heavy atom. The molecule has 1 nitrogen and oxygen atoms in total. The Morgan fingerprint density at radius 1 is 1.00 bits per heavy atom. The Morgan fingerprint density at radius 3 is 2.12 bits per heavy atom. The van der Waals surface area contributed by atoms with Crippen molar-refractivity contribution in [3.8, 4) is 42.1 Å². The monoisotopic (exact) mass is 99.0 g/mol. The Balaban J connectivity index is 3.85. The van der Waals surface area contributed by atoms with Crippen LogP contribution < -0.4 is 0 Å². The molecule has 0 heterocycles. The summed E-state index contributed by atoms with van der Waals surface area (Å²) in [6.07, 6.45) is 4.74. The molecular formula is C7HN. The van der Waals surface area contributed by atoms with E-state index in [1.54, 1.807) is 6.07 Å². The third kappa shape index (κ3) is 4.17. The summed E-state index contributed by atoms with van der Waals surface area (Å²) < 4.78 is 0. The lowest BCUT2D eigenvalue weighted by Gasteiger charge is -1.47. The second kappa shape index (κ2) is 5.17. The molecule has 0 fully saturated rings. The third-order valence-electron chi connectivity index (χ3n) is 0.316. The molecule has 0 radical (unpaired) electrons. The second-order valence-corrected chi connectivity index (χ2v) is 0.756. The van der Waals surface area contributed by atoms with Crippen LogP contribution in [0.5, 0.6) is 0 Å². The van der Waals surface area contributed by atoms with Crippen LogP contribution in [0.1, 0.15) is 0 Å². The van der Waals surface area contributed by atoms with Crippen LogP contribution in [0.2, 0.25) is 0 Å². The topological polar surface area (TPSA) is 23.8 Å². The third-order valence-corrected chi connectivity index (χ3v) is 0.316. The maximum absolute atomic E-state index is 7.82. The number of nitrogens with zero attached hydrogens (tertiary/aromatic N) is 1. The summed E-state index contributed by atoms with van der Waals surface area (Å²) in [6.45, 7) is 0. The summed E-state index contributed by atoms with van der Waals surface area (Å²) in [7, 11) is 0. The fourth-order valence-corrected chi connectivity index (χ4v) is 0.127.